The second kappa shape index (κ2) is 7.38. The normalized spacial score (nSPS) is 11.3. The molecule has 114 valence electrons. The van der Waals surface area contributed by atoms with Gasteiger partial charge in [0.25, 0.3) is 0 Å². The van der Waals surface area contributed by atoms with Crippen LogP contribution < -0.4 is 5.32 Å². The summed E-state index contributed by atoms with van der Waals surface area (Å²) in [6.45, 7) is 9.76. The van der Waals surface area contributed by atoms with E-state index in [-0.39, 0.29) is 0 Å². The van der Waals surface area contributed by atoms with Crippen molar-refractivity contribution in [2.24, 2.45) is 0 Å². The van der Waals surface area contributed by atoms with Crippen molar-refractivity contribution in [2.45, 2.75) is 40.4 Å². The lowest BCUT2D eigenvalue weighted by Gasteiger charge is -2.19. The van der Waals surface area contributed by atoms with Crippen molar-refractivity contribution < 1.29 is 4.42 Å². The van der Waals surface area contributed by atoms with E-state index >= 15 is 0 Å². The third-order valence-corrected chi connectivity index (χ3v) is 3.60. The third-order valence-electron chi connectivity index (χ3n) is 3.60. The lowest BCUT2D eigenvalue weighted by atomic mass is 10.2. The Morgan fingerprint density at radius 3 is 2.71 bits per heavy atom. The van der Waals surface area contributed by atoms with Gasteiger partial charge in [-0.3, -0.25) is 9.88 Å². The van der Waals surface area contributed by atoms with E-state index in [1.54, 1.807) is 0 Å². The van der Waals surface area contributed by atoms with Gasteiger partial charge >= 0.3 is 0 Å². The average Bonchev–Trinajstić information content (AvgIpc) is 2.78. The molecule has 2 heterocycles. The van der Waals surface area contributed by atoms with Gasteiger partial charge in [0, 0.05) is 24.3 Å². The van der Waals surface area contributed by atoms with E-state index in [0.29, 0.717) is 0 Å². The highest BCUT2D eigenvalue weighted by atomic mass is 16.3. The smallest absolute Gasteiger partial charge is 0.118 e. The van der Waals surface area contributed by atoms with Crippen LogP contribution in [-0.4, -0.2) is 23.5 Å². The molecule has 0 aromatic carbocycles. The Balaban J connectivity index is 2.05. The number of aryl methyl sites for hydroxylation is 2. The van der Waals surface area contributed by atoms with E-state index in [1.807, 2.05) is 27.0 Å². The van der Waals surface area contributed by atoms with E-state index in [0.717, 1.165) is 49.1 Å². The van der Waals surface area contributed by atoms with Crippen LogP contribution >= 0.6 is 0 Å². The summed E-state index contributed by atoms with van der Waals surface area (Å²) >= 11 is 0. The zero-order chi connectivity index (χ0) is 15.2. The predicted molar refractivity (Wildman–Crippen MR) is 85.0 cm³/mol. The van der Waals surface area contributed by atoms with Crippen LogP contribution in [0.1, 0.15) is 35.4 Å². The fourth-order valence-corrected chi connectivity index (χ4v) is 2.44. The molecule has 1 N–H and O–H groups in total. The molecule has 2 rings (SSSR count). The molecule has 0 bridgehead atoms. The maximum absolute atomic E-state index is 5.76. The molecule has 0 fully saturated rings. The van der Waals surface area contributed by atoms with Gasteiger partial charge in [-0.15, -0.1) is 0 Å². The van der Waals surface area contributed by atoms with Crippen molar-refractivity contribution in [1.29, 1.82) is 0 Å². The van der Waals surface area contributed by atoms with E-state index in [9.17, 15) is 0 Å². The van der Waals surface area contributed by atoms with Crippen LogP contribution in [-0.2, 0) is 19.6 Å². The largest absolute Gasteiger partial charge is 0.465 e. The second-order valence-corrected chi connectivity index (χ2v) is 5.40. The van der Waals surface area contributed by atoms with Gasteiger partial charge in [0.05, 0.1) is 12.2 Å². The zero-order valence-electron chi connectivity index (χ0n) is 13.4. The number of hydrogen-bond acceptors (Lipinski definition) is 4. The number of furan rings is 1. The number of nitrogens with zero attached hydrogens (tertiary/aromatic N) is 2. The first-order chi connectivity index (χ1) is 10.1. The van der Waals surface area contributed by atoms with Crippen LogP contribution in [0, 0.1) is 13.8 Å². The fourth-order valence-electron chi connectivity index (χ4n) is 2.44. The number of hydrogen-bond donors (Lipinski definition) is 1. The van der Waals surface area contributed by atoms with Gasteiger partial charge in [-0.1, -0.05) is 13.0 Å². The maximum atomic E-state index is 5.76. The summed E-state index contributed by atoms with van der Waals surface area (Å²) in [4.78, 5) is 6.96. The summed E-state index contributed by atoms with van der Waals surface area (Å²) in [5, 5.41) is 3.12. The summed E-state index contributed by atoms with van der Waals surface area (Å²) < 4.78 is 5.76. The Bertz CT molecular complexity index is 577. The van der Waals surface area contributed by atoms with Crippen LogP contribution in [0.2, 0.25) is 0 Å². The van der Waals surface area contributed by atoms with Gasteiger partial charge in [0.1, 0.15) is 11.5 Å². The first-order valence-corrected chi connectivity index (χ1v) is 7.50. The van der Waals surface area contributed by atoms with E-state index in [1.165, 1.54) is 5.56 Å². The van der Waals surface area contributed by atoms with Crippen molar-refractivity contribution in [3.63, 3.8) is 0 Å². The lowest BCUT2D eigenvalue weighted by Crippen LogP contribution is -2.23. The van der Waals surface area contributed by atoms with Crippen molar-refractivity contribution in [3.8, 4) is 0 Å². The molecule has 2 aromatic heterocycles. The van der Waals surface area contributed by atoms with E-state index in [4.69, 9.17) is 4.42 Å². The van der Waals surface area contributed by atoms with Crippen LogP contribution in [0.15, 0.2) is 28.7 Å². The first-order valence-electron chi connectivity index (χ1n) is 7.50. The Hall–Kier alpha value is -1.65. The Labute approximate surface area is 127 Å². The zero-order valence-corrected chi connectivity index (χ0v) is 13.4. The monoisotopic (exact) mass is 287 g/mol. The second-order valence-electron chi connectivity index (χ2n) is 5.40. The van der Waals surface area contributed by atoms with Crippen LogP contribution in [0.5, 0.6) is 0 Å². The Morgan fingerprint density at radius 2 is 2.05 bits per heavy atom. The molecule has 21 heavy (non-hydrogen) atoms. The van der Waals surface area contributed by atoms with Gasteiger partial charge < -0.3 is 9.73 Å². The predicted octanol–water partition coefficient (Wildman–Crippen LogP) is 3.03. The number of rotatable bonds is 7. The number of pyridine rings is 1. The third kappa shape index (κ3) is 4.41. The molecule has 0 amide bonds. The van der Waals surface area contributed by atoms with Crippen LogP contribution in [0.25, 0.3) is 0 Å². The highest BCUT2D eigenvalue weighted by Gasteiger charge is 2.12. The van der Waals surface area contributed by atoms with Crippen molar-refractivity contribution in [2.75, 3.05) is 13.6 Å². The molecule has 2 aromatic rings. The standard InChI is InChI=1S/C17H25N3O/c1-5-20(12-16-8-6-7-13(2)19-16)11-15-9-17(10-18-4)21-14(15)3/h6-9,18H,5,10-12H2,1-4H3. The minimum absolute atomic E-state index is 0.770. The molecule has 0 spiro atoms. The van der Waals surface area contributed by atoms with Gasteiger partial charge in [-0.25, -0.2) is 0 Å². The highest BCUT2D eigenvalue weighted by molar-refractivity contribution is 5.21. The van der Waals surface area contributed by atoms with Crippen LogP contribution in [0.4, 0.5) is 0 Å². The molecule has 4 nitrogen and oxygen atoms in total. The average molecular weight is 287 g/mol. The number of aromatic nitrogens is 1. The molecule has 0 aliphatic rings. The van der Waals surface area contributed by atoms with Gasteiger partial charge in [0.15, 0.2) is 0 Å². The Morgan fingerprint density at radius 1 is 1.24 bits per heavy atom. The van der Waals surface area contributed by atoms with Crippen molar-refractivity contribution >= 4 is 0 Å². The topological polar surface area (TPSA) is 41.3 Å². The molecule has 0 saturated carbocycles. The minimum atomic E-state index is 0.770. The van der Waals surface area contributed by atoms with Gasteiger partial charge in [0.2, 0.25) is 0 Å². The highest BCUT2D eigenvalue weighted by Crippen LogP contribution is 2.17. The summed E-state index contributed by atoms with van der Waals surface area (Å²) in [7, 11) is 1.93. The van der Waals surface area contributed by atoms with Crippen molar-refractivity contribution in [1.82, 2.24) is 15.2 Å². The van der Waals surface area contributed by atoms with Gasteiger partial charge in [-0.05, 0) is 45.6 Å². The summed E-state index contributed by atoms with van der Waals surface area (Å²) in [6, 6.07) is 8.34. The molecule has 0 unspecified atom stereocenters. The summed E-state index contributed by atoms with van der Waals surface area (Å²) in [5.74, 6) is 2.01. The fraction of sp³-hybridized carbons (Fsp3) is 0.471. The first kappa shape index (κ1) is 15.7. The molecule has 0 aliphatic heterocycles. The minimum Gasteiger partial charge on any atom is -0.465 e. The molecular weight excluding hydrogens is 262 g/mol. The maximum Gasteiger partial charge on any atom is 0.118 e. The lowest BCUT2D eigenvalue weighted by molar-refractivity contribution is 0.266. The van der Waals surface area contributed by atoms with Crippen molar-refractivity contribution in [3.05, 3.63) is 52.7 Å². The molecule has 0 aliphatic carbocycles. The molecular formula is C17H25N3O. The quantitative estimate of drug-likeness (QED) is 0.850. The summed E-state index contributed by atoms with van der Waals surface area (Å²) in [6.07, 6.45) is 0. The number of nitrogens with one attached hydrogen (secondary N) is 1. The molecule has 4 heteroatoms. The molecule has 0 atom stereocenters. The van der Waals surface area contributed by atoms with Gasteiger partial charge in [-0.2, -0.15) is 0 Å². The van der Waals surface area contributed by atoms with E-state index < -0.39 is 0 Å². The SMILES string of the molecule is CCN(Cc1cccc(C)n1)Cc1cc(CNC)oc1C. The Kier molecular flexibility index (Phi) is 5.53. The molecule has 0 radical (unpaired) electrons. The van der Waals surface area contributed by atoms with Crippen LogP contribution in [0.3, 0.4) is 0 Å². The van der Waals surface area contributed by atoms with E-state index in [2.05, 4.69) is 40.3 Å². The molecule has 0 saturated heterocycles. The summed E-state index contributed by atoms with van der Waals surface area (Å²) in [5.41, 5.74) is 3.45.